The monoisotopic (exact) mass is 208 g/mol. The van der Waals surface area contributed by atoms with Gasteiger partial charge in [0, 0.05) is 17.1 Å². The summed E-state index contributed by atoms with van der Waals surface area (Å²) in [6.45, 7) is 0. The van der Waals surface area contributed by atoms with Crippen molar-refractivity contribution >= 4 is 49.6 Å². The normalized spacial score (nSPS) is 3.00. The zero-order chi connectivity index (χ0) is 3.58. The van der Waals surface area contributed by atoms with Gasteiger partial charge in [-0.2, -0.15) is 0 Å². The maximum absolute atomic E-state index is 8.74. The van der Waals surface area contributed by atoms with Crippen LogP contribution in [0.15, 0.2) is 0 Å². The zero-order valence-corrected chi connectivity index (χ0v) is 4.76. The van der Waals surface area contributed by atoms with E-state index >= 15 is 0 Å². The molecule has 0 aromatic heterocycles. The fourth-order valence-electron chi connectivity index (χ4n) is 0. The molecule has 0 unspecified atom stereocenters. The Bertz CT molecular complexity index is 39.0. The van der Waals surface area contributed by atoms with Gasteiger partial charge in [-0.1, -0.05) is 0 Å². The summed E-state index contributed by atoms with van der Waals surface area (Å²) in [6.07, 6.45) is 0. The van der Waals surface area contributed by atoms with Gasteiger partial charge in [0.15, 0.2) is 17.4 Å². The van der Waals surface area contributed by atoms with Gasteiger partial charge in [-0.3, -0.25) is 4.46 Å². The molecule has 50 valence electrons. The van der Waals surface area contributed by atoms with Crippen molar-refractivity contribution in [1.29, 1.82) is 0 Å². The standard InChI is InChI=1S/Al.Fe.Mg.H2O3Si.H2O.5H/c;;;1-4(2)3;;;;;;/h;;;1-2H;1H2;;;;;. The first-order valence-electron chi connectivity index (χ1n) is 0.651. The average molecular weight is 208 g/mol. The molecule has 0 aliphatic rings. The Balaban J connectivity index is -0.00000000750. The van der Waals surface area contributed by atoms with E-state index < -0.39 is 9.17 Å². The Morgan fingerprint density at radius 3 is 1.25 bits per heavy atom. The minimum atomic E-state index is -3.13. The van der Waals surface area contributed by atoms with E-state index in [-0.39, 0.29) is 63.0 Å². The van der Waals surface area contributed by atoms with Gasteiger partial charge in [0.2, 0.25) is 0 Å². The summed E-state index contributed by atoms with van der Waals surface area (Å²) in [5.41, 5.74) is 0. The molecule has 8 heavy (non-hydrogen) atoms. The topological polar surface area (TPSA) is 89.0 Å². The Morgan fingerprint density at radius 2 is 1.25 bits per heavy atom. The van der Waals surface area contributed by atoms with Crippen molar-refractivity contribution in [3.05, 3.63) is 0 Å². The maximum atomic E-state index is 8.74. The Kier molecular flexibility index (Phi) is 102. The second kappa shape index (κ2) is 23.8. The quantitative estimate of drug-likeness (QED) is 0.393. The van der Waals surface area contributed by atoms with Crippen molar-refractivity contribution in [3.63, 3.8) is 0 Å². The number of hydrogen-bond donors (Lipinski definition) is 2. The molecule has 0 radical (unpaired) electrons. The average Bonchev–Trinajstić information content (AvgIpc) is 0.811. The Hall–Kier alpha value is 1.40. The van der Waals surface area contributed by atoms with Gasteiger partial charge in [0.25, 0.3) is 0 Å². The molecule has 0 aliphatic heterocycles. The summed E-state index contributed by atoms with van der Waals surface area (Å²) in [5.74, 6) is 0. The molecule has 0 fully saturated rings. The fraction of sp³-hybridized carbons (Fsp3) is 0. The molecular weight excluding hydrogens is 199 g/mol. The molecule has 0 spiro atoms. The smallest absolute Gasteiger partial charge is 0.511 e. The molecule has 0 saturated carbocycles. The SMILES string of the molecule is O.O=[Si](O)O.[AlH3].[Fe].[MgH2]. The van der Waals surface area contributed by atoms with Gasteiger partial charge in [-0.05, 0) is 0 Å². The van der Waals surface area contributed by atoms with E-state index in [1.807, 2.05) is 0 Å². The summed E-state index contributed by atoms with van der Waals surface area (Å²) < 4.78 is 8.74. The predicted octanol–water partition coefficient (Wildman–Crippen LogP) is -4.54. The summed E-state index contributed by atoms with van der Waals surface area (Å²) in [7, 11) is -3.13. The van der Waals surface area contributed by atoms with Crippen molar-refractivity contribution in [1.82, 2.24) is 0 Å². The van der Waals surface area contributed by atoms with Crippen LogP contribution in [0.1, 0.15) is 0 Å². The third-order valence-corrected chi connectivity index (χ3v) is 0. The van der Waals surface area contributed by atoms with E-state index in [2.05, 4.69) is 0 Å². The van der Waals surface area contributed by atoms with Crippen LogP contribution in [0.5, 0.6) is 0 Å². The maximum Gasteiger partial charge on any atom is 0.761 e. The molecule has 0 saturated heterocycles. The first-order chi connectivity index (χ1) is 1.73. The molecule has 0 atom stereocenters. The third kappa shape index (κ3) is 155. The van der Waals surface area contributed by atoms with Crippen LogP contribution in [0.2, 0.25) is 0 Å². The Labute approximate surface area is 85.6 Å². The summed E-state index contributed by atoms with van der Waals surface area (Å²) in [6, 6.07) is 0. The molecule has 0 aromatic carbocycles. The molecule has 4 N–H and O–H groups in total. The minimum Gasteiger partial charge on any atom is -0.511 e. The summed E-state index contributed by atoms with van der Waals surface area (Å²) in [5, 5.41) is 0. The van der Waals surface area contributed by atoms with Crippen molar-refractivity contribution in [2.24, 2.45) is 0 Å². The van der Waals surface area contributed by atoms with Gasteiger partial charge >= 0.3 is 32.2 Å². The molecule has 0 amide bonds. The van der Waals surface area contributed by atoms with Crippen LogP contribution in [0.25, 0.3) is 0 Å². The molecule has 0 aliphatic carbocycles. The fourth-order valence-corrected chi connectivity index (χ4v) is 0. The van der Waals surface area contributed by atoms with E-state index in [4.69, 9.17) is 14.1 Å². The number of hydrogen-bond acceptors (Lipinski definition) is 1. The molecule has 4 nitrogen and oxygen atoms in total. The van der Waals surface area contributed by atoms with Crippen LogP contribution in [0.3, 0.4) is 0 Å². The van der Waals surface area contributed by atoms with Crippen molar-refractivity contribution in [2.75, 3.05) is 0 Å². The van der Waals surface area contributed by atoms with E-state index in [9.17, 15) is 0 Å². The molecule has 0 bridgehead atoms. The minimum absolute atomic E-state index is 0. The third-order valence-electron chi connectivity index (χ3n) is 0. The largest absolute Gasteiger partial charge is 0.761 e. The van der Waals surface area contributed by atoms with Gasteiger partial charge in [0.1, 0.15) is 0 Å². The van der Waals surface area contributed by atoms with Crippen LogP contribution < -0.4 is 0 Å². The first kappa shape index (κ1) is 34.3. The van der Waals surface area contributed by atoms with Crippen molar-refractivity contribution in [2.45, 2.75) is 0 Å². The van der Waals surface area contributed by atoms with E-state index in [0.717, 1.165) is 0 Å². The Morgan fingerprint density at radius 1 is 1.25 bits per heavy atom. The van der Waals surface area contributed by atoms with Crippen LogP contribution in [0.4, 0.5) is 0 Å². The molecule has 8 heteroatoms. The number of rotatable bonds is 0. The van der Waals surface area contributed by atoms with Gasteiger partial charge < -0.3 is 15.1 Å². The summed E-state index contributed by atoms with van der Waals surface area (Å²) in [4.78, 5) is 14.3. The van der Waals surface area contributed by atoms with Crippen LogP contribution in [-0.4, -0.2) is 64.7 Å². The van der Waals surface area contributed by atoms with Crippen molar-refractivity contribution in [3.8, 4) is 0 Å². The van der Waals surface area contributed by atoms with Crippen LogP contribution in [-0.2, 0) is 21.5 Å². The molecular formula is H9AlFeMgO4Si. The van der Waals surface area contributed by atoms with Gasteiger partial charge in [-0.15, -0.1) is 0 Å². The van der Waals surface area contributed by atoms with E-state index in [1.54, 1.807) is 0 Å². The van der Waals surface area contributed by atoms with Gasteiger partial charge in [-0.25, -0.2) is 0 Å². The predicted molar refractivity (Wildman–Crippen MR) is 33.0 cm³/mol. The van der Waals surface area contributed by atoms with Crippen molar-refractivity contribution < 1.29 is 36.6 Å². The molecule has 0 aromatic rings. The van der Waals surface area contributed by atoms with E-state index in [1.165, 1.54) is 0 Å². The zero-order valence-electron chi connectivity index (χ0n) is 2.66. The molecule has 0 rings (SSSR count). The molecule has 0 heterocycles. The summed E-state index contributed by atoms with van der Waals surface area (Å²) >= 11 is 0. The van der Waals surface area contributed by atoms with Crippen LogP contribution >= 0.6 is 0 Å². The van der Waals surface area contributed by atoms with Crippen LogP contribution in [0, 0.1) is 0 Å². The van der Waals surface area contributed by atoms with Gasteiger partial charge in [0.05, 0.1) is 0 Å². The second-order valence-corrected chi connectivity index (χ2v) is 0.848. The second-order valence-electron chi connectivity index (χ2n) is 0.283. The van der Waals surface area contributed by atoms with E-state index in [0.29, 0.717) is 0 Å². The first-order valence-corrected chi connectivity index (χ1v) is 1.95.